The van der Waals surface area contributed by atoms with E-state index in [2.05, 4.69) is 63.5 Å². The lowest BCUT2D eigenvalue weighted by Crippen LogP contribution is -2.60. The van der Waals surface area contributed by atoms with Crippen molar-refractivity contribution in [3.8, 4) is 11.5 Å². The summed E-state index contributed by atoms with van der Waals surface area (Å²) in [5.41, 5.74) is 37.3. The Morgan fingerprint density at radius 1 is 0.436 bits per heavy atom. The summed E-state index contributed by atoms with van der Waals surface area (Å²) in [6, 6.07) is -0.222. The fourth-order valence-electron chi connectivity index (χ4n) is 16.5. The molecule has 7 rings (SSSR count). The Morgan fingerprint density at radius 3 is 1.34 bits per heavy atom. The number of carboxylic acids is 1. The van der Waals surface area contributed by atoms with Gasteiger partial charge < -0.3 is 128 Å². The number of aromatic nitrogens is 1. The lowest BCUT2D eigenvalue weighted by molar-refractivity contribution is -0.148. The van der Waals surface area contributed by atoms with Crippen LogP contribution >= 0.6 is 0 Å². The number of amides is 17. The van der Waals surface area contributed by atoms with Crippen LogP contribution in [0.25, 0.3) is 10.9 Å². The van der Waals surface area contributed by atoms with Crippen molar-refractivity contribution in [1.29, 1.82) is 0 Å². The molecule has 0 aliphatic carbocycles. The van der Waals surface area contributed by atoms with Gasteiger partial charge in [-0.1, -0.05) is 90.4 Å². The Balaban J connectivity index is 0.994. The number of likely N-dealkylation sites (tertiary alicyclic amines) is 3. The quantitative estimate of drug-likeness (QED) is 0.0216. The van der Waals surface area contributed by atoms with E-state index in [1.165, 1.54) is 63.2 Å². The second kappa shape index (κ2) is 53.0. The fraction of sp³-hybridized carbons (Fsp3) is 0.582. The average Bonchev–Trinajstić information content (AvgIpc) is 1.69. The molecule has 730 valence electrons. The number of phenolic OH excluding ortho intramolecular Hbond substituents is 2. The van der Waals surface area contributed by atoms with Crippen molar-refractivity contribution >= 4 is 117 Å². The van der Waals surface area contributed by atoms with Crippen LogP contribution < -0.4 is 92.9 Å². The van der Waals surface area contributed by atoms with Gasteiger partial charge in [0.25, 0.3) is 0 Å². The van der Waals surface area contributed by atoms with Gasteiger partial charge in [-0.05, 0) is 193 Å². The molecule has 0 saturated carbocycles. The number of nitrogens with zero attached hydrogens (tertiary/aromatic N) is 3. The van der Waals surface area contributed by atoms with E-state index in [-0.39, 0.29) is 146 Å². The first-order chi connectivity index (χ1) is 63.2. The Kier molecular flexibility index (Phi) is 42.7. The molecule has 0 bridgehead atoms. The molecule has 3 aliphatic heterocycles. The molecule has 15 atom stereocenters. The smallest absolute Gasteiger partial charge is 0.326 e. The van der Waals surface area contributed by atoms with Crippen molar-refractivity contribution in [3.63, 3.8) is 0 Å². The Morgan fingerprint density at radius 2 is 0.842 bits per heavy atom. The number of primary amides is 3. The van der Waals surface area contributed by atoms with Crippen LogP contribution in [0.2, 0.25) is 0 Å². The molecule has 3 aromatic carbocycles. The SMILES string of the molecule is CC[C@H](C)[C@H](NC(=O)[C@H](CC(C)C)NC(=O)[C@H](CC(C)C)NC(=O)[C@H](CCCCN)NC(=O)[C@@H]1CCCN1C(=O)[C@@H]1CCCN1C(=O)[C@H](CCC(N)=O)NC(=O)CNC(=O)[C@@H]1CCCN1C(=O)[C@H](CCCCN)NC(=O)[C@H](CCC(N)=O)NC(=O)[C@H](CCC(N)=O)NC(=O)[C@H](Cc1ccc(O)cc1)NC(=O)[C@@H](N)Cc1c[nH]c2ccccc12)C(=O)N[C@@H](Cc1ccc(O)cc1)C(=O)O. The number of hydrogen-bond acceptors (Lipinski definition) is 23. The third kappa shape index (κ3) is 33.4. The summed E-state index contributed by atoms with van der Waals surface area (Å²) in [7, 11) is 0. The third-order valence-electron chi connectivity index (χ3n) is 23.9. The normalized spacial score (nSPS) is 17.5. The maximum Gasteiger partial charge on any atom is 0.326 e. The molecule has 3 saturated heterocycles. The molecule has 42 nitrogen and oxygen atoms in total. The van der Waals surface area contributed by atoms with E-state index in [0.717, 1.165) is 10.9 Å². The highest BCUT2D eigenvalue weighted by Gasteiger charge is 2.46. The maximum atomic E-state index is 14.9. The van der Waals surface area contributed by atoms with Crippen LogP contribution in [-0.2, 0) is 106 Å². The number of unbranched alkanes of at least 4 members (excludes halogenated alkanes) is 2. The third-order valence-corrected chi connectivity index (χ3v) is 23.9. The van der Waals surface area contributed by atoms with Crippen molar-refractivity contribution in [2.45, 2.75) is 280 Å². The summed E-state index contributed by atoms with van der Waals surface area (Å²) in [4.78, 5) is 259. The predicted octanol–water partition coefficient (Wildman–Crippen LogP) is -1.85. The molecule has 3 aliphatic rings. The number of phenols is 2. The van der Waals surface area contributed by atoms with Crippen LogP contribution in [0, 0.1) is 17.8 Å². The molecule has 4 heterocycles. The van der Waals surface area contributed by atoms with Crippen molar-refractivity contribution in [3.05, 3.63) is 95.7 Å². The zero-order chi connectivity index (χ0) is 97.9. The van der Waals surface area contributed by atoms with Crippen LogP contribution in [0.15, 0.2) is 79.0 Å². The number of fused-ring (bicyclic) bond motifs is 1. The van der Waals surface area contributed by atoms with Gasteiger partial charge in [0.1, 0.15) is 90.0 Å². The largest absolute Gasteiger partial charge is 0.508 e. The first-order valence-corrected chi connectivity index (χ1v) is 45.8. The van der Waals surface area contributed by atoms with Crippen LogP contribution in [0.1, 0.15) is 193 Å². The number of H-pyrrole nitrogens is 1. The Labute approximate surface area is 772 Å². The number of carbonyl (C=O) groups excluding carboxylic acids is 17. The predicted molar refractivity (Wildman–Crippen MR) is 487 cm³/mol. The molecule has 27 N–H and O–H groups in total. The summed E-state index contributed by atoms with van der Waals surface area (Å²) in [6.07, 6.45) is 1.70. The highest BCUT2D eigenvalue weighted by molar-refractivity contribution is 6.01. The minimum Gasteiger partial charge on any atom is -0.508 e. The van der Waals surface area contributed by atoms with E-state index in [4.69, 9.17) is 34.4 Å². The number of aromatic amines is 1. The molecular weight excluding hydrogens is 1720 g/mol. The second-order valence-corrected chi connectivity index (χ2v) is 35.4. The molecule has 42 heteroatoms. The number of hydrogen-bond donors (Lipinski definition) is 21. The summed E-state index contributed by atoms with van der Waals surface area (Å²) in [5.74, 6) is -16.6. The van der Waals surface area contributed by atoms with E-state index in [1.807, 2.05) is 38.1 Å². The van der Waals surface area contributed by atoms with Crippen LogP contribution in [-0.4, -0.2) is 265 Å². The number of carbonyl (C=O) groups is 18. The molecule has 4 aromatic rings. The maximum absolute atomic E-state index is 14.9. The number of aliphatic carboxylic acids is 1. The van der Waals surface area contributed by atoms with E-state index in [0.29, 0.717) is 48.8 Å². The molecule has 17 amide bonds. The molecule has 1 aromatic heterocycles. The standard InChI is InChI=1S/C91H135N21O21/c1-7-52(6)77(87(128)108-69(91(132)133)46-54-26-30-57(114)31-27-54)109-84(125)67(44-51(4)5)107-82(123)66(43-50(2)3)106-79(120)61(19-10-12-38-92)103-86(127)71-22-15-41-111(71)90(131)72-23-16-42-112(72)89(130)65(34-37-75(97)117)100-76(118)49-99-85(126)70-21-14-40-110(70)88(129)64(20-11-13-39-93)104-81(122)63(33-36-74(96)116)101-80(121)62(32-35-73(95)115)102-83(124)68(45-53-24-28-56(113)29-25-53)105-78(119)59(94)47-55-48-98-60-18-9-8-17-58(55)60/h8-9,17-18,24-31,48,50-52,59,61-72,77,98,113-114H,7,10-16,19-23,32-47,49,92-94H2,1-6H3,(H2,95,115)(H2,96,116)(H2,97,117)(H,99,126)(H,100,118)(H,101,121)(H,102,124)(H,103,127)(H,104,122)(H,105,119)(H,106,120)(H,107,123)(H,108,128)(H,109,125)(H,132,133)/t52-,59-,61-,62-,63-,64-,65-,66-,67-,68-,69-,70-,71-,72-,77-/m0/s1. The van der Waals surface area contributed by atoms with Crippen LogP contribution in [0.3, 0.4) is 0 Å². The highest BCUT2D eigenvalue weighted by atomic mass is 16.4. The zero-order valence-electron chi connectivity index (χ0n) is 76.5. The van der Waals surface area contributed by atoms with Gasteiger partial charge in [0.2, 0.25) is 100 Å². The summed E-state index contributed by atoms with van der Waals surface area (Å²) < 4.78 is 0. The van der Waals surface area contributed by atoms with Crippen LogP contribution in [0.5, 0.6) is 11.5 Å². The number of nitrogens with one attached hydrogen (secondary N) is 12. The molecule has 133 heavy (non-hydrogen) atoms. The van der Waals surface area contributed by atoms with E-state index >= 15 is 0 Å². The topological polar surface area (TPSA) is 682 Å². The van der Waals surface area contributed by atoms with Crippen molar-refractivity contribution < 1.29 is 102 Å². The lowest BCUT2D eigenvalue weighted by Gasteiger charge is -2.33. The zero-order valence-corrected chi connectivity index (χ0v) is 76.5. The molecular formula is C91H135N21O21. The average molecular weight is 1860 g/mol. The molecule has 0 unspecified atom stereocenters. The van der Waals surface area contributed by atoms with Gasteiger partial charge >= 0.3 is 5.97 Å². The Hall–Kier alpha value is -12.9. The monoisotopic (exact) mass is 1860 g/mol. The van der Waals surface area contributed by atoms with Crippen LogP contribution in [0.4, 0.5) is 0 Å². The summed E-state index contributed by atoms with van der Waals surface area (Å²) in [5, 5.41) is 59.9. The number of carboxylic acid groups (broad SMARTS) is 1. The van der Waals surface area contributed by atoms with Gasteiger partial charge in [0.05, 0.1) is 12.6 Å². The minimum absolute atomic E-state index is 0.00827. The fourth-order valence-corrected chi connectivity index (χ4v) is 16.5. The van der Waals surface area contributed by atoms with Crippen molar-refractivity contribution in [2.24, 2.45) is 52.2 Å². The highest BCUT2D eigenvalue weighted by Crippen LogP contribution is 2.29. The van der Waals surface area contributed by atoms with Gasteiger partial charge in [-0.25, -0.2) is 4.79 Å². The van der Waals surface area contributed by atoms with Crippen molar-refractivity contribution in [2.75, 3.05) is 39.3 Å². The molecule has 3 fully saturated rings. The number of nitrogens with two attached hydrogens (primary N) is 6. The van der Waals surface area contributed by atoms with Gasteiger partial charge in [-0.3, -0.25) is 81.5 Å². The number of rotatable bonds is 55. The lowest BCUT2D eigenvalue weighted by atomic mass is 9.95. The number of aromatic hydroxyl groups is 2. The van der Waals surface area contributed by atoms with Gasteiger partial charge in [-0.15, -0.1) is 0 Å². The van der Waals surface area contributed by atoms with Gasteiger partial charge in [0.15, 0.2) is 0 Å². The van der Waals surface area contributed by atoms with Crippen molar-refractivity contribution in [1.82, 2.24) is 78.2 Å². The second-order valence-electron chi connectivity index (χ2n) is 35.4. The first kappa shape index (κ1) is 107. The minimum atomic E-state index is -1.67. The number of para-hydroxylation sites is 1. The molecule has 0 radical (unpaired) electrons. The van der Waals surface area contributed by atoms with E-state index in [1.54, 1.807) is 33.9 Å². The summed E-state index contributed by atoms with van der Waals surface area (Å²) in [6.45, 7) is 10.3. The summed E-state index contributed by atoms with van der Waals surface area (Å²) >= 11 is 0. The Bertz CT molecular complexity index is 4700. The van der Waals surface area contributed by atoms with E-state index in [9.17, 15) is 102 Å². The number of benzene rings is 3. The van der Waals surface area contributed by atoms with Gasteiger partial charge in [-0.2, -0.15) is 0 Å². The molecule has 0 spiro atoms. The van der Waals surface area contributed by atoms with Gasteiger partial charge in [0, 0.05) is 68.8 Å². The first-order valence-electron chi connectivity index (χ1n) is 45.8. The van der Waals surface area contributed by atoms with E-state index < -0.39 is 236 Å².